The van der Waals surface area contributed by atoms with Gasteiger partial charge in [0.2, 0.25) is 5.91 Å². The Morgan fingerprint density at radius 3 is 2.34 bits per heavy atom. The maximum Gasteiger partial charge on any atom is 0.335 e. The molecule has 1 aliphatic carbocycles. The van der Waals surface area contributed by atoms with Gasteiger partial charge in [-0.25, -0.2) is 4.79 Å². The average molecular weight is 710 g/mol. The van der Waals surface area contributed by atoms with Gasteiger partial charge in [-0.1, -0.05) is 67.6 Å². The largest absolute Gasteiger partial charge is 0.478 e. The number of amides is 1. The fourth-order valence-electron chi connectivity index (χ4n) is 5.83. The molecule has 1 aliphatic rings. The highest BCUT2D eigenvalue weighted by Gasteiger charge is 2.31. The quantitative estimate of drug-likeness (QED) is 0.242. The average Bonchev–Trinajstić information content (AvgIpc) is 3.18. The molecule has 0 aliphatic heterocycles. The number of likely N-dealkylation sites (N-methyl/N-ethyl adjacent to an activating group) is 1. The predicted molar refractivity (Wildman–Crippen MR) is 174 cm³/mol. The van der Waals surface area contributed by atoms with Crippen molar-refractivity contribution in [2.24, 2.45) is 0 Å². The minimum absolute atomic E-state index is 0.0374. The van der Waals surface area contributed by atoms with E-state index < -0.39 is 5.97 Å². The van der Waals surface area contributed by atoms with Crippen molar-refractivity contribution in [1.29, 1.82) is 0 Å². The summed E-state index contributed by atoms with van der Waals surface area (Å²) in [6.45, 7) is 8.14. The van der Waals surface area contributed by atoms with Gasteiger partial charge in [0, 0.05) is 34.5 Å². The van der Waals surface area contributed by atoms with Gasteiger partial charge in [-0.15, -0.1) is 0 Å². The van der Waals surface area contributed by atoms with Gasteiger partial charge in [0.15, 0.2) is 0 Å². The van der Waals surface area contributed by atoms with Crippen molar-refractivity contribution in [2.75, 3.05) is 27.2 Å². The minimum Gasteiger partial charge on any atom is -0.478 e. The van der Waals surface area contributed by atoms with Crippen LogP contribution < -0.4 is 0 Å². The summed E-state index contributed by atoms with van der Waals surface area (Å²) in [4.78, 5) is 30.3. The van der Waals surface area contributed by atoms with Crippen LogP contribution in [0.25, 0.3) is 10.9 Å². The number of hydrogen-bond acceptors (Lipinski definition) is 3. The van der Waals surface area contributed by atoms with Crippen LogP contribution in [0.15, 0.2) is 39.4 Å². The lowest BCUT2D eigenvalue weighted by molar-refractivity contribution is -0.132. The van der Waals surface area contributed by atoms with E-state index in [1.54, 1.807) is 6.07 Å². The monoisotopic (exact) mass is 707 g/mol. The van der Waals surface area contributed by atoms with Gasteiger partial charge < -0.3 is 19.5 Å². The number of aromatic carboxylic acids is 1. The maximum absolute atomic E-state index is 14.1. The van der Waals surface area contributed by atoms with Gasteiger partial charge in [-0.05, 0) is 101 Å². The molecular formula is C32H40Br2ClN3O3. The number of benzene rings is 2. The molecule has 1 fully saturated rings. The zero-order valence-electron chi connectivity index (χ0n) is 24.6. The number of carboxylic acid groups (broad SMARTS) is 1. The first-order chi connectivity index (χ1) is 19.3. The van der Waals surface area contributed by atoms with Crippen LogP contribution in [-0.4, -0.2) is 58.5 Å². The summed E-state index contributed by atoms with van der Waals surface area (Å²) >= 11 is 13.9. The lowest BCUT2D eigenvalue weighted by Gasteiger charge is -2.26. The van der Waals surface area contributed by atoms with Crippen LogP contribution >= 0.6 is 43.5 Å². The number of nitrogens with zero attached hydrogens (tertiary/aromatic N) is 3. The number of fused-ring (bicyclic) bond motifs is 1. The molecule has 0 bridgehead atoms. The molecule has 1 aromatic heterocycles. The Kier molecular flexibility index (Phi) is 10.3. The second kappa shape index (κ2) is 13.2. The molecule has 41 heavy (non-hydrogen) atoms. The molecule has 1 heterocycles. The van der Waals surface area contributed by atoms with Gasteiger partial charge in [0.1, 0.15) is 6.54 Å². The number of rotatable bonds is 9. The van der Waals surface area contributed by atoms with Crippen molar-refractivity contribution in [3.05, 3.63) is 66.7 Å². The van der Waals surface area contributed by atoms with Crippen molar-refractivity contribution in [1.82, 2.24) is 14.4 Å². The Morgan fingerprint density at radius 2 is 1.73 bits per heavy atom. The van der Waals surface area contributed by atoms with Crippen LogP contribution in [-0.2, 0) is 23.3 Å². The van der Waals surface area contributed by atoms with Crippen molar-refractivity contribution in [2.45, 2.75) is 77.3 Å². The minimum atomic E-state index is -0.967. The van der Waals surface area contributed by atoms with E-state index in [4.69, 9.17) is 11.6 Å². The van der Waals surface area contributed by atoms with Crippen molar-refractivity contribution >= 4 is 66.2 Å². The standard InChI is InChI=1S/C32H40Br2ClN3O3/c1-32(2,3)24-16-21(31(40)41)17-26-29(24)28(20-9-7-6-8-10-20)30(34)38(26)19-27(39)37(14-13-36(4)5)18-22-15-23(35)11-12-25(22)33/h11-12,15-17,20H,6-10,13-14,18-19H2,1-5H3,(H,40,41). The Hall–Kier alpha value is -1.87. The molecular weight excluding hydrogens is 670 g/mol. The molecule has 1 saturated carbocycles. The summed E-state index contributed by atoms with van der Waals surface area (Å²) in [7, 11) is 3.98. The fourth-order valence-corrected chi connectivity index (χ4v) is 7.23. The number of aromatic nitrogens is 1. The second-order valence-electron chi connectivity index (χ2n) is 12.5. The van der Waals surface area contributed by atoms with E-state index in [2.05, 4.69) is 57.5 Å². The smallest absolute Gasteiger partial charge is 0.335 e. The molecule has 0 radical (unpaired) electrons. The molecule has 1 N–H and O–H groups in total. The Labute approximate surface area is 265 Å². The van der Waals surface area contributed by atoms with Crippen molar-refractivity contribution in [3.8, 4) is 0 Å². The normalized spacial score (nSPS) is 14.7. The molecule has 6 nitrogen and oxygen atoms in total. The molecule has 0 atom stereocenters. The highest BCUT2D eigenvalue weighted by Crippen LogP contribution is 2.46. The Bertz CT molecular complexity index is 1440. The lowest BCUT2D eigenvalue weighted by atomic mass is 9.78. The molecule has 9 heteroatoms. The second-order valence-corrected chi connectivity index (χ2v) is 14.5. The molecule has 3 aromatic rings. The van der Waals surface area contributed by atoms with E-state index in [0.29, 0.717) is 30.6 Å². The van der Waals surface area contributed by atoms with Gasteiger partial charge in [0.25, 0.3) is 0 Å². The highest BCUT2D eigenvalue weighted by molar-refractivity contribution is 9.10. The first-order valence-corrected chi connectivity index (χ1v) is 16.2. The first-order valence-electron chi connectivity index (χ1n) is 14.2. The summed E-state index contributed by atoms with van der Waals surface area (Å²) in [6.07, 6.45) is 5.77. The summed E-state index contributed by atoms with van der Waals surface area (Å²) < 4.78 is 3.79. The van der Waals surface area contributed by atoms with Crippen molar-refractivity contribution in [3.63, 3.8) is 0 Å². The SMILES string of the molecule is CN(C)CCN(Cc1cc(Cl)ccc1Br)C(=O)Cn1c(Br)c(C2CCCCC2)c2c(C(C)(C)C)cc(C(=O)O)cc21. The van der Waals surface area contributed by atoms with Crippen LogP contribution in [0.2, 0.25) is 5.02 Å². The van der Waals surface area contributed by atoms with E-state index in [9.17, 15) is 14.7 Å². The third-order valence-corrected chi connectivity index (χ3v) is 9.90. The van der Waals surface area contributed by atoms with E-state index in [1.165, 1.54) is 24.8 Å². The number of carbonyl (C=O) groups is 2. The first kappa shape index (κ1) is 32.1. The Morgan fingerprint density at radius 1 is 1.05 bits per heavy atom. The summed E-state index contributed by atoms with van der Waals surface area (Å²) in [5, 5.41) is 11.7. The summed E-state index contributed by atoms with van der Waals surface area (Å²) in [6, 6.07) is 9.19. The number of hydrogen-bond donors (Lipinski definition) is 1. The Balaban J connectivity index is 1.85. The van der Waals surface area contributed by atoms with Gasteiger partial charge >= 0.3 is 5.97 Å². The summed E-state index contributed by atoms with van der Waals surface area (Å²) in [5.41, 5.74) is 3.92. The van der Waals surface area contributed by atoms with E-state index in [-0.39, 0.29) is 23.4 Å². The third-order valence-electron chi connectivity index (χ3n) is 8.04. The van der Waals surface area contributed by atoms with Crippen LogP contribution in [0.1, 0.15) is 85.8 Å². The lowest BCUT2D eigenvalue weighted by Crippen LogP contribution is -2.38. The number of halogens is 3. The van der Waals surface area contributed by atoms with Gasteiger partial charge in [-0.3, -0.25) is 4.79 Å². The number of carbonyl (C=O) groups excluding carboxylic acids is 1. The zero-order chi connectivity index (χ0) is 30.1. The van der Waals surface area contributed by atoms with Crippen LogP contribution in [0.4, 0.5) is 0 Å². The van der Waals surface area contributed by atoms with Crippen LogP contribution in [0.3, 0.4) is 0 Å². The molecule has 0 spiro atoms. The topological polar surface area (TPSA) is 65.8 Å². The van der Waals surface area contributed by atoms with Crippen molar-refractivity contribution < 1.29 is 14.7 Å². The molecule has 222 valence electrons. The van der Waals surface area contributed by atoms with Gasteiger partial charge in [0.05, 0.1) is 15.7 Å². The van der Waals surface area contributed by atoms with Gasteiger partial charge in [-0.2, -0.15) is 0 Å². The predicted octanol–water partition coefficient (Wildman–Crippen LogP) is 8.45. The van der Waals surface area contributed by atoms with Crippen LogP contribution in [0, 0.1) is 0 Å². The summed E-state index contributed by atoms with van der Waals surface area (Å²) in [5.74, 6) is -0.643. The number of carboxylic acids is 1. The molecule has 0 saturated heterocycles. The van der Waals surface area contributed by atoms with E-state index in [0.717, 1.165) is 43.9 Å². The van der Waals surface area contributed by atoms with E-state index >= 15 is 0 Å². The molecule has 2 aromatic carbocycles. The molecule has 1 amide bonds. The maximum atomic E-state index is 14.1. The zero-order valence-corrected chi connectivity index (χ0v) is 28.5. The molecule has 0 unspecified atom stereocenters. The van der Waals surface area contributed by atoms with E-state index in [1.807, 2.05) is 47.8 Å². The third kappa shape index (κ3) is 7.38. The highest BCUT2D eigenvalue weighted by atomic mass is 79.9. The van der Waals surface area contributed by atoms with Crippen LogP contribution in [0.5, 0.6) is 0 Å². The molecule has 4 rings (SSSR count). The fraction of sp³-hybridized carbons (Fsp3) is 0.500.